The second-order valence-electron chi connectivity index (χ2n) is 5.22. The van der Waals surface area contributed by atoms with E-state index in [1.165, 1.54) is 0 Å². The highest BCUT2D eigenvalue weighted by Gasteiger charge is 2.19. The number of thiocarbonyl (C=S) groups is 1. The normalized spacial score (nSPS) is 13.5. The van der Waals surface area contributed by atoms with Crippen LogP contribution in [0.4, 0.5) is 0 Å². The number of benzene rings is 1. The molecule has 19 heavy (non-hydrogen) atoms. The molecule has 5 heteroatoms. The molecule has 0 saturated heterocycles. The summed E-state index contributed by atoms with van der Waals surface area (Å²) in [6, 6.07) is 7.13. The van der Waals surface area contributed by atoms with E-state index in [0.29, 0.717) is 22.2 Å². The van der Waals surface area contributed by atoms with Crippen LogP contribution < -0.4 is 5.73 Å². The SMILES string of the molecule is CC(CC(N)=S)Cc1cccc(S(=O)(=O)C(C)C)c1. The molecule has 0 saturated carbocycles. The Labute approximate surface area is 121 Å². The maximum atomic E-state index is 12.1. The van der Waals surface area contributed by atoms with Gasteiger partial charge in [-0.05, 0) is 43.9 Å². The molecule has 106 valence electrons. The van der Waals surface area contributed by atoms with E-state index in [1.807, 2.05) is 6.07 Å². The van der Waals surface area contributed by atoms with Crippen LogP contribution in [0, 0.1) is 5.92 Å². The van der Waals surface area contributed by atoms with Crippen LogP contribution >= 0.6 is 12.2 Å². The molecular formula is C14H21NO2S2. The van der Waals surface area contributed by atoms with Gasteiger partial charge in [0.05, 0.1) is 15.1 Å². The Kier molecular flexibility index (Phi) is 5.50. The maximum absolute atomic E-state index is 12.1. The lowest BCUT2D eigenvalue weighted by Crippen LogP contribution is -2.15. The highest BCUT2D eigenvalue weighted by Crippen LogP contribution is 2.19. The lowest BCUT2D eigenvalue weighted by Gasteiger charge is -2.12. The second kappa shape index (κ2) is 6.48. The number of hydrogen-bond donors (Lipinski definition) is 1. The van der Waals surface area contributed by atoms with Crippen LogP contribution in [0.1, 0.15) is 32.8 Å². The molecule has 0 bridgehead atoms. The van der Waals surface area contributed by atoms with Crippen molar-refractivity contribution < 1.29 is 8.42 Å². The van der Waals surface area contributed by atoms with E-state index in [0.717, 1.165) is 12.0 Å². The van der Waals surface area contributed by atoms with E-state index >= 15 is 0 Å². The second-order valence-corrected chi connectivity index (χ2v) is 8.25. The van der Waals surface area contributed by atoms with E-state index in [-0.39, 0.29) is 0 Å². The highest BCUT2D eigenvalue weighted by atomic mass is 32.2. The molecule has 0 fully saturated rings. The van der Waals surface area contributed by atoms with Gasteiger partial charge in [0.15, 0.2) is 9.84 Å². The zero-order valence-corrected chi connectivity index (χ0v) is 13.2. The molecule has 0 aliphatic rings. The van der Waals surface area contributed by atoms with Crippen LogP contribution in [0.3, 0.4) is 0 Å². The monoisotopic (exact) mass is 299 g/mol. The molecule has 2 N–H and O–H groups in total. The summed E-state index contributed by atoms with van der Waals surface area (Å²) in [7, 11) is -3.21. The summed E-state index contributed by atoms with van der Waals surface area (Å²) >= 11 is 4.89. The molecule has 0 radical (unpaired) electrons. The Hall–Kier alpha value is -0.940. The smallest absolute Gasteiger partial charge is 0.180 e. The van der Waals surface area contributed by atoms with Crippen molar-refractivity contribution in [3.8, 4) is 0 Å². The van der Waals surface area contributed by atoms with Gasteiger partial charge in [0.2, 0.25) is 0 Å². The number of nitrogens with two attached hydrogens (primary N) is 1. The fourth-order valence-electron chi connectivity index (χ4n) is 1.94. The average Bonchev–Trinajstić information content (AvgIpc) is 2.27. The summed E-state index contributed by atoms with van der Waals surface area (Å²) < 4.78 is 24.2. The average molecular weight is 299 g/mol. The minimum atomic E-state index is -3.21. The summed E-state index contributed by atoms with van der Waals surface area (Å²) in [5, 5.41) is -0.406. The molecule has 0 aromatic heterocycles. The fourth-order valence-corrected chi connectivity index (χ4v) is 3.35. The number of hydrogen-bond acceptors (Lipinski definition) is 3. The molecule has 1 atom stereocenters. The van der Waals surface area contributed by atoms with E-state index < -0.39 is 15.1 Å². The van der Waals surface area contributed by atoms with Gasteiger partial charge in [0.1, 0.15) is 0 Å². The Balaban J connectivity index is 2.93. The van der Waals surface area contributed by atoms with E-state index in [4.69, 9.17) is 18.0 Å². The molecule has 0 heterocycles. The zero-order chi connectivity index (χ0) is 14.6. The van der Waals surface area contributed by atoms with E-state index in [9.17, 15) is 8.42 Å². The van der Waals surface area contributed by atoms with Gasteiger partial charge in [-0.15, -0.1) is 0 Å². The lowest BCUT2D eigenvalue weighted by atomic mass is 9.98. The number of rotatable bonds is 6. The third-order valence-corrected chi connectivity index (χ3v) is 5.30. The molecule has 1 aromatic rings. The third kappa shape index (κ3) is 4.58. The summed E-state index contributed by atoms with van der Waals surface area (Å²) in [4.78, 5) is 0.890. The first kappa shape index (κ1) is 16.1. The standard InChI is InChI=1S/C14H21NO2S2/c1-10(2)19(16,17)13-6-4-5-12(9-13)7-11(3)8-14(15)18/h4-6,9-11H,7-8H2,1-3H3,(H2,15,18). The minimum absolute atomic E-state index is 0.314. The van der Waals surface area contributed by atoms with Crippen molar-refractivity contribution in [3.63, 3.8) is 0 Å². The lowest BCUT2D eigenvalue weighted by molar-refractivity contribution is 0.585. The van der Waals surface area contributed by atoms with Crippen LogP contribution in [0.5, 0.6) is 0 Å². The molecular weight excluding hydrogens is 278 g/mol. The zero-order valence-electron chi connectivity index (χ0n) is 11.6. The topological polar surface area (TPSA) is 60.2 Å². The van der Waals surface area contributed by atoms with E-state index in [1.54, 1.807) is 32.0 Å². The van der Waals surface area contributed by atoms with Crippen LogP contribution in [0.15, 0.2) is 29.2 Å². The third-order valence-electron chi connectivity index (χ3n) is 2.98. The van der Waals surface area contributed by atoms with Crippen molar-refractivity contribution in [3.05, 3.63) is 29.8 Å². The fraction of sp³-hybridized carbons (Fsp3) is 0.500. The first-order valence-corrected chi connectivity index (χ1v) is 8.30. The van der Waals surface area contributed by atoms with Crippen molar-refractivity contribution in [1.82, 2.24) is 0 Å². The van der Waals surface area contributed by atoms with Gasteiger partial charge in [-0.3, -0.25) is 0 Å². The van der Waals surface area contributed by atoms with Crippen LogP contribution in [0.2, 0.25) is 0 Å². The summed E-state index contributed by atoms with van der Waals surface area (Å²) in [6.07, 6.45) is 1.45. The van der Waals surface area contributed by atoms with Crippen molar-refractivity contribution in [2.45, 2.75) is 43.8 Å². The maximum Gasteiger partial charge on any atom is 0.180 e. The van der Waals surface area contributed by atoms with E-state index in [2.05, 4.69) is 6.92 Å². The van der Waals surface area contributed by atoms with Gasteiger partial charge in [-0.1, -0.05) is 31.3 Å². The molecule has 1 aromatic carbocycles. The number of sulfone groups is 1. The molecule has 3 nitrogen and oxygen atoms in total. The molecule has 0 aliphatic heterocycles. The summed E-state index contributed by atoms with van der Waals surface area (Å²) in [5.41, 5.74) is 6.53. The van der Waals surface area contributed by atoms with Crippen molar-refractivity contribution in [2.24, 2.45) is 11.7 Å². The molecule has 1 unspecified atom stereocenters. The van der Waals surface area contributed by atoms with Gasteiger partial charge < -0.3 is 5.73 Å². The Bertz CT molecular complexity index is 550. The Morgan fingerprint density at radius 2 is 1.95 bits per heavy atom. The summed E-state index contributed by atoms with van der Waals surface area (Å²) in [5.74, 6) is 0.314. The minimum Gasteiger partial charge on any atom is -0.393 e. The quantitative estimate of drug-likeness (QED) is 0.821. The van der Waals surface area contributed by atoms with Crippen LogP contribution in [-0.2, 0) is 16.3 Å². The van der Waals surface area contributed by atoms with Gasteiger partial charge in [-0.2, -0.15) is 0 Å². The molecule has 0 spiro atoms. The Morgan fingerprint density at radius 3 is 2.47 bits per heavy atom. The molecule has 0 amide bonds. The van der Waals surface area contributed by atoms with Crippen molar-refractivity contribution in [1.29, 1.82) is 0 Å². The van der Waals surface area contributed by atoms with Gasteiger partial charge >= 0.3 is 0 Å². The summed E-state index contributed by atoms with van der Waals surface area (Å²) in [6.45, 7) is 5.44. The van der Waals surface area contributed by atoms with Gasteiger partial charge in [-0.25, -0.2) is 8.42 Å². The predicted octanol–water partition coefficient (Wildman–Crippen LogP) is 2.72. The Morgan fingerprint density at radius 1 is 1.32 bits per heavy atom. The van der Waals surface area contributed by atoms with Crippen LogP contribution in [0.25, 0.3) is 0 Å². The largest absolute Gasteiger partial charge is 0.393 e. The first-order valence-electron chi connectivity index (χ1n) is 6.34. The predicted molar refractivity (Wildman–Crippen MR) is 83.0 cm³/mol. The van der Waals surface area contributed by atoms with Gasteiger partial charge in [0, 0.05) is 6.42 Å². The molecule has 1 rings (SSSR count). The van der Waals surface area contributed by atoms with Crippen molar-refractivity contribution in [2.75, 3.05) is 0 Å². The van der Waals surface area contributed by atoms with Gasteiger partial charge in [0.25, 0.3) is 0 Å². The van der Waals surface area contributed by atoms with Crippen LogP contribution in [-0.4, -0.2) is 18.7 Å². The first-order chi connectivity index (χ1) is 8.73. The highest BCUT2D eigenvalue weighted by molar-refractivity contribution is 7.92. The molecule has 0 aliphatic carbocycles. The van der Waals surface area contributed by atoms with Crippen molar-refractivity contribution >= 4 is 27.0 Å².